The van der Waals surface area contributed by atoms with Gasteiger partial charge in [0.1, 0.15) is 0 Å². The molecule has 2 fully saturated rings. The number of nitrogens with one attached hydrogen (secondary N) is 1. The van der Waals surface area contributed by atoms with Crippen molar-refractivity contribution in [3.63, 3.8) is 0 Å². The zero-order valence-electron chi connectivity index (χ0n) is 16.0. The third-order valence-corrected chi connectivity index (χ3v) is 5.24. The second-order valence-electron chi connectivity index (χ2n) is 7.14. The molecule has 1 aromatic carbocycles. The summed E-state index contributed by atoms with van der Waals surface area (Å²) in [5, 5.41) is 3.60. The fourth-order valence-electron chi connectivity index (χ4n) is 3.74. The van der Waals surface area contributed by atoms with Crippen molar-refractivity contribution in [2.45, 2.75) is 51.1 Å². The Bertz CT molecular complexity index is 667. The van der Waals surface area contributed by atoms with Crippen molar-refractivity contribution in [3.8, 4) is 11.5 Å². The van der Waals surface area contributed by atoms with Gasteiger partial charge in [0.05, 0.1) is 13.7 Å². The van der Waals surface area contributed by atoms with Gasteiger partial charge < -0.3 is 19.7 Å². The van der Waals surface area contributed by atoms with Gasteiger partial charge in [-0.15, -0.1) is 12.4 Å². The van der Waals surface area contributed by atoms with E-state index in [1.54, 1.807) is 25.3 Å². The van der Waals surface area contributed by atoms with Crippen molar-refractivity contribution in [1.29, 1.82) is 0 Å². The molecule has 2 heterocycles. The van der Waals surface area contributed by atoms with E-state index in [0.717, 1.165) is 19.5 Å². The van der Waals surface area contributed by atoms with Crippen LogP contribution in [-0.4, -0.2) is 55.5 Å². The van der Waals surface area contributed by atoms with Gasteiger partial charge in [-0.1, -0.05) is 0 Å². The maximum atomic E-state index is 12.5. The molecule has 0 radical (unpaired) electrons. The van der Waals surface area contributed by atoms with Gasteiger partial charge in [-0.3, -0.25) is 9.59 Å². The normalized spacial score (nSPS) is 21.2. The van der Waals surface area contributed by atoms with Crippen LogP contribution >= 0.6 is 12.4 Å². The molecule has 27 heavy (non-hydrogen) atoms. The van der Waals surface area contributed by atoms with Gasteiger partial charge >= 0.3 is 0 Å². The third kappa shape index (κ3) is 5.59. The van der Waals surface area contributed by atoms with Gasteiger partial charge in [0.15, 0.2) is 17.3 Å². The summed E-state index contributed by atoms with van der Waals surface area (Å²) in [6.45, 7) is 3.65. The Kier molecular flexibility index (Phi) is 7.92. The van der Waals surface area contributed by atoms with Crippen LogP contribution in [0.25, 0.3) is 0 Å². The number of rotatable bonds is 7. The number of carbonyl (C=O) groups excluding carboxylic acids is 2. The number of fused-ring (bicyclic) bond motifs is 2. The summed E-state index contributed by atoms with van der Waals surface area (Å²) in [6.07, 6.45) is 4.62. The van der Waals surface area contributed by atoms with Crippen molar-refractivity contribution in [3.05, 3.63) is 23.8 Å². The molecule has 2 aliphatic rings. The first-order chi connectivity index (χ1) is 12.6. The lowest BCUT2D eigenvalue weighted by molar-refractivity contribution is -0.131. The summed E-state index contributed by atoms with van der Waals surface area (Å²) in [5.41, 5.74) is 0.591. The van der Waals surface area contributed by atoms with Crippen molar-refractivity contribution in [1.82, 2.24) is 10.2 Å². The van der Waals surface area contributed by atoms with E-state index in [1.165, 1.54) is 19.8 Å². The van der Waals surface area contributed by atoms with E-state index in [9.17, 15) is 9.59 Å². The molecule has 2 aliphatic heterocycles. The number of halogens is 1. The summed E-state index contributed by atoms with van der Waals surface area (Å²) < 4.78 is 11.0. The number of carbonyl (C=O) groups is 2. The Morgan fingerprint density at radius 1 is 1.19 bits per heavy atom. The molecule has 2 saturated heterocycles. The van der Waals surface area contributed by atoms with Crippen molar-refractivity contribution in [2.75, 3.05) is 26.8 Å². The van der Waals surface area contributed by atoms with Gasteiger partial charge in [-0.25, -0.2) is 0 Å². The minimum absolute atomic E-state index is 0. The summed E-state index contributed by atoms with van der Waals surface area (Å²) in [6, 6.07) is 6.21. The highest BCUT2D eigenvalue weighted by Crippen LogP contribution is 2.28. The summed E-state index contributed by atoms with van der Waals surface area (Å²) >= 11 is 0. The number of Topliss-reactive ketones (excluding diaryl/α,β-unsaturated/α-hetero) is 1. The minimum atomic E-state index is -0.0129. The van der Waals surface area contributed by atoms with Crippen molar-refractivity contribution in [2.24, 2.45) is 0 Å². The lowest BCUT2D eigenvalue weighted by Gasteiger charge is -2.24. The highest BCUT2D eigenvalue weighted by Gasteiger charge is 2.30. The predicted octanol–water partition coefficient (Wildman–Crippen LogP) is 2.83. The van der Waals surface area contributed by atoms with E-state index in [4.69, 9.17) is 9.47 Å². The molecular weight excluding hydrogens is 368 g/mol. The topological polar surface area (TPSA) is 67.9 Å². The Morgan fingerprint density at radius 2 is 1.96 bits per heavy atom. The van der Waals surface area contributed by atoms with Gasteiger partial charge in [0.2, 0.25) is 5.91 Å². The molecule has 2 atom stereocenters. The van der Waals surface area contributed by atoms with E-state index in [0.29, 0.717) is 48.6 Å². The first-order valence-corrected chi connectivity index (χ1v) is 9.42. The number of likely N-dealkylation sites (tertiary alicyclic amines) is 1. The zero-order chi connectivity index (χ0) is 18.5. The predicted molar refractivity (Wildman–Crippen MR) is 106 cm³/mol. The van der Waals surface area contributed by atoms with Gasteiger partial charge in [0.25, 0.3) is 0 Å². The molecule has 0 spiro atoms. The number of ketones is 1. The number of methoxy groups -OCH3 is 1. The first-order valence-electron chi connectivity index (χ1n) is 9.42. The van der Waals surface area contributed by atoms with Crippen LogP contribution in [0.1, 0.15) is 49.4 Å². The Labute approximate surface area is 167 Å². The SMILES string of the molecule is COc1cc(C(C)=O)ccc1OCCCC(=O)N1CCC2CCC(C1)N2.Cl. The van der Waals surface area contributed by atoms with Crippen molar-refractivity contribution >= 4 is 24.1 Å². The number of ether oxygens (including phenoxy) is 2. The molecule has 6 nitrogen and oxygen atoms in total. The molecule has 1 amide bonds. The van der Waals surface area contributed by atoms with Gasteiger partial charge in [-0.2, -0.15) is 0 Å². The maximum Gasteiger partial charge on any atom is 0.222 e. The molecule has 150 valence electrons. The second kappa shape index (κ2) is 9.95. The third-order valence-electron chi connectivity index (χ3n) is 5.24. The molecular formula is C20H29ClN2O4. The van der Waals surface area contributed by atoms with Crippen LogP contribution in [0.15, 0.2) is 18.2 Å². The van der Waals surface area contributed by atoms with E-state index in [2.05, 4.69) is 5.32 Å². The molecule has 2 unspecified atom stereocenters. The molecule has 1 N–H and O–H groups in total. The molecule has 0 aliphatic carbocycles. The largest absolute Gasteiger partial charge is 0.493 e. The number of nitrogens with zero attached hydrogens (tertiary/aromatic N) is 1. The Balaban J connectivity index is 0.00000261. The lowest BCUT2D eigenvalue weighted by Crippen LogP contribution is -2.39. The second-order valence-corrected chi connectivity index (χ2v) is 7.14. The smallest absolute Gasteiger partial charge is 0.222 e. The lowest BCUT2D eigenvalue weighted by atomic mass is 10.1. The van der Waals surface area contributed by atoms with E-state index in [-0.39, 0.29) is 24.1 Å². The van der Waals surface area contributed by atoms with Crippen LogP contribution in [0, 0.1) is 0 Å². The quantitative estimate of drug-likeness (QED) is 0.567. The van der Waals surface area contributed by atoms with Gasteiger partial charge in [0, 0.05) is 37.2 Å². The molecule has 3 rings (SSSR count). The number of hydrogen-bond acceptors (Lipinski definition) is 5. The van der Waals surface area contributed by atoms with E-state index < -0.39 is 0 Å². The number of amides is 1. The first kappa shape index (κ1) is 21.5. The molecule has 0 aromatic heterocycles. The van der Waals surface area contributed by atoms with Crippen LogP contribution in [0.3, 0.4) is 0 Å². The van der Waals surface area contributed by atoms with Crippen LogP contribution in [0.2, 0.25) is 0 Å². The van der Waals surface area contributed by atoms with Crippen LogP contribution in [-0.2, 0) is 4.79 Å². The number of hydrogen-bond donors (Lipinski definition) is 1. The summed E-state index contributed by atoms with van der Waals surface area (Å²) in [4.78, 5) is 25.9. The average molecular weight is 397 g/mol. The fourth-order valence-corrected chi connectivity index (χ4v) is 3.74. The highest BCUT2D eigenvalue weighted by atomic mass is 35.5. The minimum Gasteiger partial charge on any atom is -0.493 e. The van der Waals surface area contributed by atoms with Crippen LogP contribution in [0.4, 0.5) is 0 Å². The Hall–Kier alpha value is -1.79. The maximum absolute atomic E-state index is 12.5. The molecule has 1 aromatic rings. The highest BCUT2D eigenvalue weighted by molar-refractivity contribution is 5.94. The van der Waals surface area contributed by atoms with Crippen LogP contribution in [0.5, 0.6) is 11.5 Å². The summed E-state index contributed by atoms with van der Waals surface area (Å²) in [7, 11) is 1.55. The summed E-state index contributed by atoms with van der Waals surface area (Å²) in [5.74, 6) is 1.34. The number of benzene rings is 1. The fraction of sp³-hybridized carbons (Fsp3) is 0.600. The monoisotopic (exact) mass is 396 g/mol. The standard InChI is InChI=1S/C20H28N2O4.ClH/c1-14(23)15-5-8-18(19(12-15)25-2)26-11-3-4-20(24)22-10-9-16-6-7-17(13-22)21-16;/h5,8,12,16-17,21H,3-4,6-7,9-11,13H2,1-2H3;1H. The zero-order valence-corrected chi connectivity index (χ0v) is 16.8. The van der Waals surface area contributed by atoms with Gasteiger partial charge in [-0.05, 0) is 50.8 Å². The van der Waals surface area contributed by atoms with Crippen LogP contribution < -0.4 is 14.8 Å². The Morgan fingerprint density at radius 3 is 2.70 bits per heavy atom. The average Bonchev–Trinajstić information content (AvgIpc) is 2.97. The van der Waals surface area contributed by atoms with E-state index in [1.807, 2.05) is 4.90 Å². The molecule has 0 saturated carbocycles. The van der Waals surface area contributed by atoms with Crippen molar-refractivity contribution < 1.29 is 19.1 Å². The van der Waals surface area contributed by atoms with E-state index >= 15 is 0 Å². The molecule has 7 heteroatoms. The molecule has 2 bridgehead atoms.